The van der Waals surface area contributed by atoms with Gasteiger partial charge in [0.1, 0.15) is 0 Å². The summed E-state index contributed by atoms with van der Waals surface area (Å²) < 4.78 is 33.8. The summed E-state index contributed by atoms with van der Waals surface area (Å²) in [6.07, 6.45) is 0. The van der Waals surface area contributed by atoms with Gasteiger partial charge in [-0.3, -0.25) is 14.1 Å². The molecule has 0 spiro atoms. The lowest BCUT2D eigenvalue weighted by molar-refractivity contribution is 0.601. The minimum absolute atomic E-state index is 0.117. The van der Waals surface area contributed by atoms with E-state index in [2.05, 4.69) is 28.3 Å². The molecule has 0 fully saturated rings. The molecule has 180 valence electrons. The maximum atomic E-state index is 13.3. The number of sulfonamides is 1. The number of thiazole rings is 1. The Labute approximate surface area is 212 Å². The Hall–Kier alpha value is -3.88. The average Bonchev–Trinajstić information content (AvgIpc) is 3.37. The van der Waals surface area contributed by atoms with Crippen LogP contribution in [-0.4, -0.2) is 17.6 Å². The second-order valence-electron chi connectivity index (χ2n) is 8.67. The molecule has 6 aromatic rings. The van der Waals surface area contributed by atoms with E-state index in [0.717, 1.165) is 50.8 Å². The summed E-state index contributed by atoms with van der Waals surface area (Å²) in [7, 11) is -3.85. The minimum Gasteiger partial charge on any atom is -0.341 e. The van der Waals surface area contributed by atoms with Crippen molar-refractivity contribution in [2.24, 2.45) is 0 Å². The van der Waals surface area contributed by atoms with Gasteiger partial charge in [0.25, 0.3) is 10.0 Å². The topological polar surface area (TPSA) is 73.1 Å². The van der Waals surface area contributed by atoms with Crippen molar-refractivity contribution in [2.75, 3.05) is 4.72 Å². The van der Waals surface area contributed by atoms with Gasteiger partial charge in [0.15, 0.2) is 0 Å². The molecule has 36 heavy (non-hydrogen) atoms. The molecule has 2 heterocycles. The third-order valence-corrected chi connectivity index (χ3v) is 8.80. The van der Waals surface area contributed by atoms with Gasteiger partial charge in [-0.1, -0.05) is 59.9 Å². The quantitative estimate of drug-likeness (QED) is 0.295. The number of hydrogen-bond acceptors (Lipinski definition) is 4. The molecule has 0 aliphatic rings. The van der Waals surface area contributed by atoms with Crippen LogP contribution in [0.25, 0.3) is 32.0 Å². The molecular formula is C28H23N3O3S2. The van der Waals surface area contributed by atoms with Gasteiger partial charge in [0, 0.05) is 34.0 Å². The summed E-state index contributed by atoms with van der Waals surface area (Å²) in [6.45, 7) is 3.36. The van der Waals surface area contributed by atoms with Gasteiger partial charge in [-0.15, -0.1) is 0 Å². The van der Waals surface area contributed by atoms with Crippen LogP contribution in [-0.2, 0) is 23.1 Å². The van der Waals surface area contributed by atoms with Crippen molar-refractivity contribution in [1.29, 1.82) is 0 Å². The average molecular weight is 514 g/mol. The van der Waals surface area contributed by atoms with Gasteiger partial charge in [-0.05, 0) is 55.0 Å². The summed E-state index contributed by atoms with van der Waals surface area (Å²) in [5, 5.41) is 2.08. The third-order valence-electron chi connectivity index (χ3n) is 6.47. The number of nitrogens with zero attached hydrogens (tertiary/aromatic N) is 2. The van der Waals surface area contributed by atoms with Gasteiger partial charge < -0.3 is 4.57 Å². The van der Waals surface area contributed by atoms with Gasteiger partial charge >= 0.3 is 4.87 Å². The Morgan fingerprint density at radius 2 is 1.50 bits per heavy atom. The number of fused-ring (bicyclic) bond motifs is 4. The Morgan fingerprint density at radius 1 is 0.778 bits per heavy atom. The summed E-state index contributed by atoms with van der Waals surface area (Å²) in [5.74, 6) is 0. The Kier molecular flexibility index (Phi) is 5.43. The second-order valence-corrected chi connectivity index (χ2v) is 11.3. The monoisotopic (exact) mass is 513 g/mol. The molecular weight excluding hydrogens is 490 g/mol. The molecule has 1 N–H and O–H groups in total. The van der Waals surface area contributed by atoms with Gasteiger partial charge in [-0.25, -0.2) is 8.42 Å². The molecule has 0 saturated heterocycles. The van der Waals surface area contributed by atoms with Crippen LogP contribution in [0.5, 0.6) is 0 Å². The molecule has 4 aromatic carbocycles. The van der Waals surface area contributed by atoms with E-state index in [0.29, 0.717) is 16.9 Å². The normalized spacial score (nSPS) is 12.0. The van der Waals surface area contributed by atoms with Crippen molar-refractivity contribution < 1.29 is 8.42 Å². The molecule has 0 atom stereocenters. The van der Waals surface area contributed by atoms with E-state index in [1.165, 1.54) is 0 Å². The Bertz CT molecular complexity index is 1920. The number of benzene rings is 4. The summed E-state index contributed by atoms with van der Waals surface area (Å²) >= 11 is 1.06. The van der Waals surface area contributed by atoms with E-state index in [4.69, 9.17) is 0 Å². The van der Waals surface area contributed by atoms with Gasteiger partial charge in [0.05, 0.1) is 21.7 Å². The smallest absolute Gasteiger partial charge is 0.308 e. The maximum Gasteiger partial charge on any atom is 0.308 e. The fourth-order valence-electron chi connectivity index (χ4n) is 4.80. The van der Waals surface area contributed by atoms with Crippen molar-refractivity contribution in [1.82, 2.24) is 9.13 Å². The zero-order valence-electron chi connectivity index (χ0n) is 19.5. The maximum absolute atomic E-state index is 13.3. The molecule has 8 heteroatoms. The molecule has 0 aliphatic heterocycles. The Morgan fingerprint density at radius 3 is 2.31 bits per heavy atom. The zero-order valence-corrected chi connectivity index (χ0v) is 21.1. The van der Waals surface area contributed by atoms with Crippen LogP contribution in [0, 0.1) is 0 Å². The minimum atomic E-state index is -3.85. The van der Waals surface area contributed by atoms with E-state index in [-0.39, 0.29) is 9.77 Å². The first kappa shape index (κ1) is 22.6. The predicted octanol–water partition coefficient (Wildman–Crippen LogP) is 6.04. The number of hydrogen-bond donors (Lipinski definition) is 1. The molecule has 2 aromatic heterocycles. The molecule has 0 unspecified atom stereocenters. The third kappa shape index (κ3) is 3.79. The highest BCUT2D eigenvalue weighted by Crippen LogP contribution is 2.32. The zero-order chi connectivity index (χ0) is 24.9. The largest absolute Gasteiger partial charge is 0.341 e. The highest BCUT2D eigenvalue weighted by molar-refractivity contribution is 7.92. The lowest BCUT2D eigenvalue weighted by Gasteiger charge is -2.10. The van der Waals surface area contributed by atoms with Crippen LogP contribution in [0.1, 0.15) is 12.5 Å². The van der Waals surface area contributed by atoms with Crippen LogP contribution in [0.3, 0.4) is 0 Å². The number of nitrogens with one attached hydrogen (secondary N) is 1. The van der Waals surface area contributed by atoms with Crippen molar-refractivity contribution in [2.45, 2.75) is 24.9 Å². The van der Waals surface area contributed by atoms with E-state index < -0.39 is 10.0 Å². The van der Waals surface area contributed by atoms with Crippen molar-refractivity contribution in [3.05, 3.63) is 106 Å². The van der Waals surface area contributed by atoms with Crippen molar-refractivity contribution >= 4 is 59.1 Å². The lowest BCUT2D eigenvalue weighted by atomic mass is 10.1. The van der Waals surface area contributed by atoms with E-state index in [9.17, 15) is 13.2 Å². The van der Waals surface area contributed by atoms with Crippen LogP contribution in [0.2, 0.25) is 0 Å². The highest BCUT2D eigenvalue weighted by Gasteiger charge is 2.18. The summed E-state index contributed by atoms with van der Waals surface area (Å²) in [5.41, 5.74) is 4.42. The first-order valence-electron chi connectivity index (χ1n) is 11.7. The number of rotatable bonds is 6. The molecule has 0 bridgehead atoms. The van der Waals surface area contributed by atoms with Crippen LogP contribution >= 0.6 is 11.3 Å². The molecule has 0 aliphatic carbocycles. The molecule has 0 radical (unpaired) electrons. The molecule has 0 saturated carbocycles. The number of anilines is 1. The van der Waals surface area contributed by atoms with Crippen LogP contribution in [0.4, 0.5) is 5.69 Å². The first-order valence-corrected chi connectivity index (χ1v) is 14.0. The van der Waals surface area contributed by atoms with Crippen LogP contribution in [0.15, 0.2) is 101 Å². The van der Waals surface area contributed by atoms with Gasteiger partial charge in [0.2, 0.25) is 0 Å². The van der Waals surface area contributed by atoms with E-state index in [1.54, 1.807) is 28.8 Å². The van der Waals surface area contributed by atoms with Gasteiger partial charge in [-0.2, -0.15) is 0 Å². The van der Waals surface area contributed by atoms with E-state index in [1.807, 2.05) is 54.6 Å². The van der Waals surface area contributed by atoms with Crippen molar-refractivity contribution in [3.63, 3.8) is 0 Å². The van der Waals surface area contributed by atoms with Crippen molar-refractivity contribution in [3.8, 4) is 0 Å². The van der Waals surface area contributed by atoms with Crippen LogP contribution < -0.4 is 9.60 Å². The molecule has 6 nitrogen and oxygen atoms in total. The number of aryl methyl sites for hydroxylation is 1. The first-order chi connectivity index (χ1) is 17.4. The predicted molar refractivity (Wildman–Crippen MR) is 148 cm³/mol. The summed E-state index contributed by atoms with van der Waals surface area (Å²) in [6, 6.07) is 28.3. The Balaban J connectivity index is 1.36. The van der Waals surface area contributed by atoms with E-state index >= 15 is 0 Å². The standard InChI is InChI=1S/C28H23N3O3S2/c1-2-30-24-11-7-6-10-22(24)23-16-20(12-14-25(23)30)29-36(33,34)21-13-15-26-27(17-21)35-28(32)31(26)18-19-8-4-3-5-9-19/h3-17,29H,2,18H2,1H3. The SMILES string of the molecule is CCn1c2ccccc2c2cc(NS(=O)(=O)c3ccc4c(c3)sc(=O)n4Cc3ccccc3)ccc21. The fourth-order valence-corrected chi connectivity index (χ4v) is 6.88. The number of para-hydroxylation sites is 1. The highest BCUT2D eigenvalue weighted by atomic mass is 32.2. The second kappa shape index (κ2) is 8.65. The summed E-state index contributed by atoms with van der Waals surface area (Å²) in [4.78, 5) is 12.7. The number of aromatic nitrogens is 2. The lowest BCUT2D eigenvalue weighted by Crippen LogP contribution is -2.14. The molecule has 0 amide bonds. The molecule has 6 rings (SSSR count). The fraction of sp³-hybridized carbons (Fsp3) is 0.107.